The van der Waals surface area contributed by atoms with Crippen LogP contribution in [0.25, 0.3) is 10.9 Å². The highest BCUT2D eigenvalue weighted by Gasteiger charge is 2.42. The Morgan fingerprint density at radius 2 is 1.97 bits per heavy atom. The number of hydrogen-bond acceptors (Lipinski definition) is 5. The number of nitriles is 1. The molecular weight excluding hydrogens is 402 g/mol. The van der Waals surface area contributed by atoms with E-state index in [9.17, 15) is 5.26 Å². The summed E-state index contributed by atoms with van der Waals surface area (Å²) in [6.45, 7) is 2.54. The summed E-state index contributed by atoms with van der Waals surface area (Å²) in [6, 6.07) is 14.1. The van der Waals surface area contributed by atoms with Gasteiger partial charge in [0.2, 0.25) is 0 Å². The first kappa shape index (κ1) is 20.5. The molecule has 0 radical (unpaired) electrons. The second-order valence-electron chi connectivity index (χ2n) is 7.32. The maximum absolute atomic E-state index is 10.6. The molecule has 1 N–H and O–H groups in total. The molecule has 1 atom stereocenters. The summed E-state index contributed by atoms with van der Waals surface area (Å²) in [5, 5.41) is 12.2. The van der Waals surface area contributed by atoms with Crippen molar-refractivity contribution in [1.29, 1.82) is 5.26 Å². The lowest BCUT2D eigenvalue weighted by atomic mass is 9.82. The van der Waals surface area contributed by atoms with E-state index in [4.69, 9.17) is 25.8 Å². The van der Waals surface area contributed by atoms with Gasteiger partial charge in [-0.25, -0.2) is 0 Å². The fourth-order valence-electron chi connectivity index (χ4n) is 4.21. The number of nitrogens with one attached hydrogen (secondary N) is 1. The molecule has 1 unspecified atom stereocenters. The number of hydrogen-bond donors (Lipinski definition) is 1. The molecular formula is C23H24ClN3O3. The topological polar surface area (TPSA) is 70.5 Å². The van der Waals surface area contributed by atoms with Gasteiger partial charge in [0.25, 0.3) is 0 Å². The Bertz CT molecular complexity index is 1080. The molecule has 2 heterocycles. The third-order valence-corrected chi connectivity index (χ3v) is 6.00. The summed E-state index contributed by atoms with van der Waals surface area (Å²) in [5.74, 6) is 1.45. The molecule has 0 spiro atoms. The molecule has 1 saturated heterocycles. The van der Waals surface area contributed by atoms with Crippen molar-refractivity contribution in [2.45, 2.75) is 12.0 Å². The van der Waals surface area contributed by atoms with Crippen LogP contribution >= 0.6 is 11.6 Å². The van der Waals surface area contributed by atoms with Crippen LogP contribution in [0.2, 0.25) is 5.02 Å². The SMILES string of the molecule is COc1ccc2c(C(C#N)(Cc3ccc(Cl)cc3OC)N3CCOCC3)c[nH]c2c1. The number of morpholine rings is 1. The van der Waals surface area contributed by atoms with Gasteiger partial charge in [-0.3, -0.25) is 4.90 Å². The summed E-state index contributed by atoms with van der Waals surface area (Å²) < 4.78 is 16.5. The lowest BCUT2D eigenvalue weighted by Crippen LogP contribution is -2.52. The lowest BCUT2D eigenvalue weighted by molar-refractivity contribution is -0.00486. The van der Waals surface area contributed by atoms with Crippen molar-refractivity contribution in [3.63, 3.8) is 0 Å². The van der Waals surface area contributed by atoms with E-state index >= 15 is 0 Å². The van der Waals surface area contributed by atoms with Crippen LogP contribution in [0.15, 0.2) is 42.6 Å². The molecule has 1 aromatic heterocycles. The van der Waals surface area contributed by atoms with Crippen LogP contribution in [0.3, 0.4) is 0 Å². The van der Waals surface area contributed by atoms with Crippen molar-refractivity contribution in [3.05, 3.63) is 58.7 Å². The van der Waals surface area contributed by atoms with Gasteiger partial charge in [-0.15, -0.1) is 0 Å². The Labute approximate surface area is 180 Å². The average Bonchev–Trinajstić information content (AvgIpc) is 3.22. The molecule has 156 valence electrons. The average molecular weight is 426 g/mol. The number of methoxy groups -OCH3 is 2. The minimum atomic E-state index is -0.891. The third-order valence-electron chi connectivity index (χ3n) is 5.77. The van der Waals surface area contributed by atoms with Crippen LogP contribution < -0.4 is 9.47 Å². The number of H-pyrrole nitrogens is 1. The summed E-state index contributed by atoms with van der Waals surface area (Å²) in [4.78, 5) is 5.53. The van der Waals surface area contributed by atoms with Gasteiger partial charge in [-0.2, -0.15) is 5.26 Å². The Balaban J connectivity index is 1.87. The quantitative estimate of drug-likeness (QED) is 0.643. The molecule has 1 fully saturated rings. The third kappa shape index (κ3) is 3.61. The largest absolute Gasteiger partial charge is 0.497 e. The van der Waals surface area contributed by atoms with Gasteiger partial charge in [0.15, 0.2) is 0 Å². The molecule has 7 heteroatoms. The van der Waals surface area contributed by atoms with E-state index in [2.05, 4.69) is 16.0 Å². The van der Waals surface area contributed by atoms with Gasteiger partial charge in [0.05, 0.1) is 33.5 Å². The normalized spacial score (nSPS) is 16.7. The minimum absolute atomic E-state index is 0.461. The van der Waals surface area contributed by atoms with Gasteiger partial charge in [-0.1, -0.05) is 17.7 Å². The number of benzene rings is 2. The van der Waals surface area contributed by atoms with E-state index in [1.54, 1.807) is 20.3 Å². The summed E-state index contributed by atoms with van der Waals surface area (Å²) >= 11 is 6.17. The predicted octanol–water partition coefficient (Wildman–Crippen LogP) is 4.13. The van der Waals surface area contributed by atoms with Gasteiger partial charge < -0.3 is 19.2 Å². The number of aromatic amines is 1. The van der Waals surface area contributed by atoms with E-state index in [1.165, 1.54) is 0 Å². The van der Waals surface area contributed by atoms with Gasteiger partial charge in [-0.05, 0) is 29.8 Å². The second-order valence-corrected chi connectivity index (χ2v) is 7.75. The van der Waals surface area contributed by atoms with Crippen molar-refractivity contribution in [2.24, 2.45) is 0 Å². The molecule has 6 nitrogen and oxygen atoms in total. The fraction of sp³-hybridized carbons (Fsp3) is 0.348. The number of halogens is 1. The molecule has 4 rings (SSSR count). The Kier molecular flexibility index (Phi) is 5.87. The molecule has 30 heavy (non-hydrogen) atoms. The first-order chi connectivity index (χ1) is 14.6. The number of fused-ring (bicyclic) bond motifs is 1. The number of nitrogens with zero attached hydrogens (tertiary/aromatic N) is 2. The first-order valence-corrected chi connectivity index (χ1v) is 10.2. The van der Waals surface area contributed by atoms with E-state index in [-0.39, 0.29) is 0 Å². The van der Waals surface area contributed by atoms with Crippen molar-refractivity contribution in [2.75, 3.05) is 40.5 Å². The molecule has 3 aromatic rings. The molecule has 0 aliphatic carbocycles. The zero-order chi connectivity index (χ0) is 21.1. The maximum atomic E-state index is 10.6. The molecule has 0 saturated carbocycles. The standard InChI is InChI=1S/C23H24ClN3O3/c1-28-18-5-6-19-20(14-26-21(19)12-18)23(15-25,27-7-9-30-10-8-27)13-16-3-4-17(24)11-22(16)29-2/h3-6,11-12,14,26H,7-10,13H2,1-2H3. The van der Waals surface area contributed by atoms with Crippen LogP contribution in [0, 0.1) is 11.3 Å². The smallest absolute Gasteiger partial charge is 0.141 e. The maximum Gasteiger partial charge on any atom is 0.141 e. The number of rotatable bonds is 6. The van der Waals surface area contributed by atoms with Gasteiger partial charge in [0.1, 0.15) is 17.0 Å². The molecule has 1 aliphatic rings. The summed E-state index contributed by atoms with van der Waals surface area (Å²) in [7, 11) is 3.26. The lowest BCUT2D eigenvalue weighted by Gasteiger charge is -2.41. The number of aromatic nitrogens is 1. The van der Waals surface area contributed by atoms with Crippen LogP contribution in [0.4, 0.5) is 0 Å². The fourth-order valence-corrected chi connectivity index (χ4v) is 4.37. The first-order valence-electron chi connectivity index (χ1n) is 9.83. The van der Waals surface area contributed by atoms with E-state index in [1.807, 2.05) is 36.5 Å². The van der Waals surface area contributed by atoms with E-state index in [0.29, 0.717) is 43.5 Å². The predicted molar refractivity (Wildman–Crippen MR) is 116 cm³/mol. The van der Waals surface area contributed by atoms with Crippen LogP contribution in [-0.2, 0) is 16.7 Å². The highest BCUT2D eigenvalue weighted by atomic mass is 35.5. The van der Waals surface area contributed by atoms with Crippen LogP contribution in [0.1, 0.15) is 11.1 Å². The molecule has 0 amide bonds. The molecule has 1 aliphatic heterocycles. The van der Waals surface area contributed by atoms with E-state index < -0.39 is 5.54 Å². The zero-order valence-electron chi connectivity index (χ0n) is 17.1. The molecule has 0 bridgehead atoms. The highest BCUT2D eigenvalue weighted by Crippen LogP contribution is 2.40. The Hall–Kier alpha value is -2.72. The second kappa shape index (κ2) is 8.57. The van der Waals surface area contributed by atoms with Crippen molar-refractivity contribution < 1.29 is 14.2 Å². The van der Waals surface area contributed by atoms with Gasteiger partial charge >= 0.3 is 0 Å². The number of ether oxygens (including phenoxy) is 3. The van der Waals surface area contributed by atoms with Crippen molar-refractivity contribution in [1.82, 2.24) is 9.88 Å². The minimum Gasteiger partial charge on any atom is -0.497 e. The summed E-state index contributed by atoms with van der Waals surface area (Å²) in [5.41, 5.74) is 1.90. The van der Waals surface area contributed by atoms with E-state index in [0.717, 1.165) is 27.8 Å². The Morgan fingerprint density at radius 1 is 1.17 bits per heavy atom. The van der Waals surface area contributed by atoms with Gasteiger partial charge in [0, 0.05) is 53.3 Å². The monoisotopic (exact) mass is 425 g/mol. The van der Waals surface area contributed by atoms with Crippen molar-refractivity contribution >= 4 is 22.5 Å². The van der Waals surface area contributed by atoms with Crippen molar-refractivity contribution in [3.8, 4) is 17.6 Å². The van der Waals surface area contributed by atoms with Crippen LogP contribution in [-0.4, -0.2) is 50.4 Å². The van der Waals surface area contributed by atoms with Crippen LogP contribution in [0.5, 0.6) is 11.5 Å². The Morgan fingerprint density at radius 3 is 2.67 bits per heavy atom. The highest BCUT2D eigenvalue weighted by molar-refractivity contribution is 6.30. The zero-order valence-corrected chi connectivity index (χ0v) is 17.8. The molecule has 2 aromatic carbocycles. The summed E-state index contributed by atoms with van der Waals surface area (Å²) in [6.07, 6.45) is 2.40.